The van der Waals surface area contributed by atoms with Gasteiger partial charge in [-0.1, -0.05) is 24.6 Å². The van der Waals surface area contributed by atoms with Crippen LogP contribution in [0.1, 0.15) is 32.8 Å². The molecule has 1 fully saturated rings. The number of ether oxygens (including phenoxy) is 1. The largest absolute Gasteiger partial charge is 0.454 e. The summed E-state index contributed by atoms with van der Waals surface area (Å²) in [5, 5.41) is 2.97. The fourth-order valence-electron chi connectivity index (χ4n) is 2.51. The molecule has 4 amide bonds. The molecular formula is C18H24N4O7S. The average molecular weight is 440 g/mol. The molecule has 11 nitrogen and oxygen atoms in total. The number of esters is 1. The smallest absolute Gasteiger partial charge is 0.344 e. The maximum Gasteiger partial charge on any atom is 0.344 e. The Morgan fingerprint density at radius 3 is 2.37 bits per heavy atom. The molecule has 0 bridgehead atoms. The van der Waals surface area contributed by atoms with Gasteiger partial charge in [0.15, 0.2) is 6.61 Å². The molecule has 30 heavy (non-hydrogen) atoms. The zero-order chi connectivity index (χ0) is 22.7. The molecule has 1 aliphatic rings. The van der Waals surface area contributed by atoms with Crippen molar-refractivity contribution >= 4 is 33.8 Å². The summed E-state index contributed by atoms with van der Waals surface area (Å²) in [5.41, 5.74) is 1.80. The molecule has 0 aromatic heterocycles. The first kappa shape index (κ1) is 23.3. The highest BCUT2D eigenvalue weighted by Gasteiger charge is 2.47. The number of carbonyl (C=O) groups is 4. The van der Waals surface area contributed by atoms with E-state index in [2.05, 4.69) is 15.5 Å². The minimum absolute atomic E-state index is 0.0250. The number of urea groups is 1. The minimum atomic E-state index is -3.97. The average Bonchev–Trinajstić information content (AvgIpc) is 2.89. The van der Waals surface area contributed by atoms with Crippen molar-refractivity contribution in [1.82, 2.24) is 20.5 Å². The molecule has 2 rings (SSSR count). The summed E-state index contributed by atoms with van der Waals surface area (Å²) in [6.45, 7) is 5.47. The molecule has 1 unspecified atom stereocenters. The SMILES string of the molecule is CCC1(C)NC(=O)N(NC(=O)COC(=O)[C@H](C)NS(=O)(=O)c2ccc(C)cc2)C1=O. The normalized spacial score (nSPS) is 19.9. The van der Waals surface area contributed by atoms with Gasteiger partial charge in [-0.25, -0.2) is 13.2 Å². The molecule has 0 aliphatic carbocycles. The van der Waals surface area contributed by atoms with Crippen molar-refractivity contribution in [2.75, 3.05) is 6.61 Å². The number of rotatable bonds is 8. The number of nitrogens with one attached hydrogen (secondary N) is 3. The molecule has 0 spiro atoms. The van der Waals surface area contributed by atoms with Crippen molar-refractivity contribution in [2.24, 2.45) is 0 Å². The summed E-state index contributed by atoms with van der Waals surface area (Å²) in [6, 6.07) is 3.94. The van der Waals surface area contributed by atoms with Gasteiger partial charge in [-0.15, -0.1) is 0 Å². The third kappa shape index (κ3) is 5.13. The maximum atomic E-state index is 12.3. The molecule has 1 aliphatic heterocycles. The van der Waals surface area contributed by atoms with Gasteiger partial charge in [-0.3, -0.25) is 19.8 Å². The van der Waals surface area contributed by atoms with Crippen molar-refractivity contribution in [2.45, 2.75) is 50.6 Å². The summed E-state index contributed by atoms with van der Waals surface area (Å²) in [4.78, 5) is 48.0. The number of benzene rings is 1. The Kier molecular flexibility index (Phi) is 6.83. The number of nitrogens with zero attached hydrogens (tertiary/aromatic N) is 1. The first-order valence-corrected chi connectivity index (χ1v) is 10.6. The van der Waals surface area contributed by atoms with Crippen LogP contribution in [0.5, 0.6) is 0 Å². The fourth-order valence-corrected chi connectivity index (χ4v) is 3.70. The van der Waals surface area contributed by atoms with Crippen molar-refractivity contribution in [3.8, 4) is 0 Å². The summed E-state index contributed by atoms with van der Waals surface area (Å²) >= 11 is 0. The second-order valence-corrected chi connectivity index (χ2v) is 8.77. The van der Waals surface area contributed by atoms with Gasteiger partial charge < -0.3 is 10.1 Å². The van der Waals surface area contributed by atoms with E-state index in [1.165, 1.54) is 26.0 Å². The van der Waals surface area contributed by atoms with Gasteiger partial charge >= 0.3 is 12.0 Å². The molecule has 1 saturated heterocycles. The maximum absolute atomic E-state index is 12.3. The third-order valence-corrected chi connectivity index (χ3v) is 6.12. The van der Waals surface area contributed by atoms with Crippen molar-refractivity contribution in [1.29, 1.82) is 0 Å². The van der Waals surface area contributed by atoms with Gasteiger partial charge in [0, 0.05) is 0 Å². The first-order valence-electron chi connectivity index (χ1n) is 9.11. The lowest BCUT2D eigenvalue weighted by molar-refractivity contribution is -0.151. The topological polar surface area (TPSA) is 151 Å². The quantitative estimate of drug-likeness (QED) is 0.379. The lowest BCUT2D eigenvalue weighted by Gasteiger charge is -2.19. The number of amides is 4. The zero-order valence-corrected chi connectivity index (χ0v) is 17.8. The van der Waals surface area contributed by atoms with Crippen LogP contribution >= 0.6 is 0 Å². The van der Waals surface area contributed by atoms with Gasteiger partial charge in [0.25, 0.3) is 11.8 Å². The van der Waals surface area contributed by atoms with Crippen LogP contribution in [0.15, 0.2) is 29.2 Å². The Morgan fingerprint density at radius 2 is 1.83 bits per heavy atom. The number of hydrogen-bond donors (Lipinski definition) is 3. The monoisotopic (exact) mass is 440 g/mol. The number of aryl methyl sites for hydroxylation is 1. The van der Waals surface area contributed by atoms with Gasteiger partial charge in [-0.2, -0.15) is 9.73 Å². The number of carbonyl (C=O) groups excluding carboxylic acids is 4. The molecule has 0 radical (unpaired) electrons. The predicted molar refractivity (Wildman–Crippen MR) is 104 cm³/mol. The second-order valence-electron chi connectivity index (χ2n) is 7.06. The Bertz CT molecular complexity index is 961. The molecule has 1 aromatic carbocycles. The van der Waals surface area contributed by atoms with E-state index in [0.29, 0.717) is 11.4 Å². The minimum Gasteiger partial charge on any atom is -0.454 e. The molecule has 2 atom stereocenters. The standard InChI is InChI=1S/C18H24N4O7S/c1-5-18(4)16(25)22(17(26)19-18)20-14(23)10-29-15(24)12(3)21-30(27,28)13-8-6-11(2)7-9-13/h6-9,12,21H,5,10H2,1-4H3,(H,19,26)(H,20,23)/t12-,18?/m0/s1. The molecule has 3 N–H and O–H groups in total. The van der Waals surface area contributed by atoms with Gasteiger partial charge in [-0.05, 0) is 39.3 Å². The van der Waals surface area contributed by atoms with Crippen LogP contribution in [-0.4, -0.2) is 55.4 Å². The molecule has 1 heterocycles. The van der Waals surface area contributed by atoms with E-state index in [9.17, 15) is 27.6 Å². The van der Waals surface area contributed by atoms with E-state index >= 15 is 0 Å². The van der Waals surface area contributed by atoms with Gasteiger partial charge in [0.05, 0.1) is 4.90 Å². The molecular weight excluding hydrogens is 416 g/mol. The van der Waals surface area contributed by atoms with Crippen molar-refractivity contribution < 1.29 is 32.3 Å². The molecule has 1 aromatic rings. The van der Waals surface area contributed by atoms with Crippen LogP contribution in [0.3, 0.4) is 0 Å². The number of hydrazine groups is 1. The molecule has 164 valence electrons. The highest BCUT2D eigenvalue weighted by molar-refractivity contribution is 7.89. The highest BCUT2D eigenvalue weighted by atomic mass is 32.2. The summed E-state index contributed by atoms with van der Waals surface area (Å²) in [6.07, 6.45) is 0.317. The lowest BCUT2D eigenvalue weighted by Crippen LogP contribution is -2.50. The van der Waals surface area contributed by atoms with E-state index in [1.807, 2.05) is 0 Å². The summed E-state index contributed by atoms with van der Waals surface area (Å²) in [7, 11) is -3.97. The summed E-state index contributed by atoms with van der Waals surface area (Å²) in [5.74, 6) is -2.58. The Labute approximate surface area is 174 Å². The Morgan fingerprint density at radius 1 is 1.23 bits per heavy atom. The zero-order valence-electron chi connectivity index (χ0n) is 17.0. The number of imide groups is 1. The van der Waals surface area contributed by atoms with Crippen LogP contribution in [-0.2, 0) is 29.1 Å². The van der Waals surface area contributed by atoms with Crippen molar-refractivity contribution in [3.63, 3.8) is 0 Å². The lowest BCUT2D eigenvalue weighted by atomic mass is 10.00. The molecule has 0 saturated carbocycles. The van der Waals surface area contributed by atoms with Crippen LogP contribution < -0.4 is 15.5 Å². The van der Waals surface area contributed by atoms with E-state index in [0.717, 1.165) is 5.56 Å². The van der Waals surface area contributed by atoms with Crippen LogP contribution in [0.25, 0.3) is 0 Å². The van der Waals surface area contributed by atoms with Gasteiger partial charge in [0.1, 0.15) is 11.6 Å². The van der Waals surface area contributed by atoms with E-state index in [1.54, 1.807) is 26.0 Å². The van der Waals surface area contributed by atoms with Crippen LogP contribution in [0.4, 0.5) is 4.79 Å². The third-order valence-electron chi connectivity index (χ3n) is 4.57. The highest BCUT2D eigenvalue weighted by Crippen LogP contribution is 2.19. The van der Waals surface area contributed by atoms with E-state index in [-0.39, 0.29) is 4.90 Å². The Hall–Kier alpha value is -2.99. The molecule has 12 heteroatoms. The van der Waals surface area contributed by atoms with Gasteiger partial charge in [0.2, 0.25) is 10.0 Å². The Balaban J connectivity index is 1.89. The number of hydrogen-bond acceptors (Lipinski definition) is 7. The first-order chi connectivity index (χ1) is 13.9. The van der Waals surface area contributed by atoms with E-state index < -0.39 is 52.0 Å². The van der Waals surface area contributed by atoms with Crippen LogP contribution in [0.2, 0.25) is 0 Å². The second kappa shape index (κ2) is 8.79. The number of sulfonamides is 1. The van der Waals surface area contributed by atoms with Crippen LogP contribution in [0, 0.1) is 6.92 Å². The summed E-state index contributed by atoms with van der Waals surface area (Å²) < 4.78 is 31.5. The fraction of sp³-hybridized carbons (Fsp3) is 0.444. The van der Waals surface area contributed by atoms with E-state index in [4.69, 9.17) is 4.74 Å². The predicted octanol–water partition coefficient (Wildman–Crippen LogP) is -0.0433. The van der Waals surface area contributed by atoms with Crippen molar-refractivity contribution in [3.05, 3.63) is 29.8 Å².